The predicted octanol–water partition coefficient (Wildman–Crippen LogP) is 3.29. The molecule has 1 heterocycles. The van der Waals surface area contributed by atoms with Crippen LogP contribution in [-0.2, 0) is 6.54 Å². The quantitative estimate of drug-likeness (QED) is 0.907. The lowest BCUT2D eigenvalue weighted by atomic mass is 9.98. The Labute approximate surface area is 122 Å². The molecule has 1 aromatic rings. The summed E-state index contributed by atoms with van der Waals surface area (Å²) < 4.78 is 40.7. The molecule has 0 amide bonds. The molecule has 21 heavy (non-hydrogen) atoms. The number of alkyl halides is 3. The molecule has 6 heteroatoms. The van der Waals surface area contributed by atoms with Crippen molar-refractivity contribution in [1.82, 2.24) is 4.90 Å². The van der Waals surface area contributed by atoms with E-state index in [1.807, 2.05) is 6.07 Å². The van der Waals surface area contributed by atoms with Crippen molar-refractivity contribution in [2.24, 2.45) is 5.73 Å². The second-order valence-electron chi connectivity index (χ2n) is 5.39. The van der Waals surface area contributed by atoms with E-state index in [-0.39, 0.29) is 5.75 Å². The van der Waals surface area contributed by atoms with Gasteiger partial charge in [-0.3, -0.25) is 4.90 Å². The van der Waals surface area contributed by atoms with Crippen molar-refractivity contribution in [3.8, 4) is 5.75 Å². The summed E-state index contributed by atoms with van der Waals surface area (Å²) in [6.07, 6.45) is -0.293. The summed E-state index contributed by atoms with van der Waals surface area (Å²) in [5.74, 6) is -0.160. The van der Waals surface area contributed by atoms with Gasteiger partial charge in [0.25, 0.3) is 0 Å². The van der Waals surface area contributed by atoms with Crippen LogP contribution in [0.25, 0.3) is 0 Å². The van der Waals surface area contributed by atoms with Gasteiger partial charge >= 0.3 is 6.36 Å². The fraction of sp³-hybridized carbons (Fsp3) is 0.600. The van der Waals surface area contributed by atoms with Gasteiger partial charge in [0.05, 0.1) is 0 Å². The third-order valence-electron chi connectivity index (χ3n) is 3.77. The molecule has 3 nitrogen and oxygen atoms in total. The van der Waals surface area contributed by atoms with Crippen molar-refractivity contribution in [3.63, 3.8) is 0 Å². The Kier molecular flexibility index (Phi) is 5.47. The second kappa shape index (κ2) is 7.13. The lowest BCUT2D eigenvalue weighted by molar-refractivity contribution is -0.274. The van der Waals surface area contributed by atoms with Crippen molar-refractivity contribution in [1.29, 1.82) is 0 Å². The molecule has 0 aromatic heterocycles. The maximum Gasteiger partial charge on any atom is 0.573 e. The van der Waals surface area contributed by atoms with Crippen LogP contribution >= 0.6 is 0 Å². The van der Waals surface area contributed by atoms with Crippen LogP contribution in [0.15, 0.2) is 24.3 Å². The fourth-order valence-electron chi connectivity index (χ4n) is 2.86. The highest BCUT2D eigenvalue weighted by atomic mass is 19.4. The summed E-state index contributed by atoms with van der Waals surface area (Å²) in [6, 6.07) is 6.64. The lowest BCUT2D eigenvalue weighted by Crippen LogP contribution is -2.40. The maximum atomic E-state index is 12.2. The van der Waals surface area contributed by atoms with E-state index in [0.717, 1.165) is 31.4 Å². The van der Waals surface area contributed by atoms with Crippen LogP contribution in [0.1, 0.15) is 31.2 Å². The van der Waals surface area contributed by atoms with Gasteiger partial charge in [0, 0.05) is 12.6 Å². The van der Waals surface area contributed by atoms with Crippen LogP contribution in [0.5, 0.6) is 5.75 Å². The van der Waals surface area contributed by atoms with E-state index in [1.54, 1.807) is 6.07 Å². The van der Waals surface area contributed by atoms with Gasteiger partial charge in [-0.25, -0.2) is 0 Å². The zero-order chi connectivity index (χ0) is 15.3. The minimum atomic E-state index is -4.65. The molecule has 0 aliphatic carbocycles. The Hall–Kier alpha value is -1.27. The first kappa shape index (κ1) is 16.1. The number of ether oxygens (including phenoxy) is 1. The number of rotatable bonds is 5. The lowest BCUT2D eigenvalue weighted by Gasteiger charge is -2.35. The molecule has 0 bridgehead atoms. The first-order valence-corrected chi connectivity index (χ1v) is 7.27. The fourth-order valence-corrected chi connectivity index (χ4v) is 2.86. The van der Waals surface area contributed by atoms with Crippen molar-refractivity contribution in [3.05, 3.63) is 29.8 Å². The summed E-state index contributed by atoms with van der Waals surface area (Å²) >= 11 is 0. The number of nitrogens with two attached hydrogens (primary N) is 1. The predicted molar refractivity (Wildman–Crippen MR) is 74.8 cm³/mol. The number of nitrogens with zero attached hydrogens (tertiary/aromatic N) is 1. The Morgan fingerprint density at radius 3 is 2.81 bits per heavy atom. The maximum absolute atomic E-state index is 12.2. The number of likely N-dealkylation sites (tertiary alicyclic amines) is 1. The topological polar surface area (TPSA) is 38.5 Å². The highest BCUT2D eigenvalue weighted by Gasteiger charge is 2.31. The number of piperidine rings is 1. The van der Waals surface area contributed by atoms with Crippen molar-refractivity contribution < 1.29 is 17.9 Å². The molecule has 118 valence electrons. The zero-order valence-corrected chi connectivity index (χ0v) is 11.9. The van der Waals surface area contributed by atoms with Gasteiger partial charge in [-0.05, 0) is 50.0 Å². The van der Waals surface area contributed by atoms with Crippen molar-refractivity contribution in [2.45, 2.75) is 44.6 Å². The molecule has 1 atom stereocenters. The third kappa shape index (κ3) is 5.21. The van der Waals surface area contributed by atoms with Crippen LogP contribution in [0, 0.1) is 0 Å². The first-order chi connectivity index (χ1) is 9.98. The summed E-state index contributed by atoms with van der Waals surface area (Å²) in [4.78, 5) is 2.31. The molecule has 2 rings (SSSR count). The number of hydrogen-bond acceptors (Lipinski definition) is 3. The summed E-state index contributed by atoms with van der Waals surface area (Å²) in [6.45, 7) is 2.24. The number of benzene rings is 1. The molecule has 1 fully saturated rings. The summed E-state index contributed by atoms with van der Waals surface area (Å²) in [5, 5.41) is 0. The Balaban J connectivity index is 2.02. The van der Waals surface area contributed by atoms with E-state index in [2.05, 4.69) is 9.64 Å². The molecule has 0 saturated carbocycles. The largest absolute Gasteiger partial charge is 0.573 e. The van der Waals surface area contributed by atoms with E-state index in [1.165, 1.54) is 18.6 Å². The molecule has 0 spiro atoms. The Bertz CT molecular complexity index is 449. The number of hydrogen-bond donors (Lipinski definition) is 1. The first-order valence-electron chi connectivity index (χ1n) is 7.27. The van der Waals surface area contributed by atoms with Crippen LogP contribution in [0.2, 0.25) is 0 Å². The molecule has 1 aliphatic heterocycles. The van der Waals surface area contributed by atoms with Gasteiger partial charge < -0.3 is 10.5 Å². The highest BCUT2D eigenvalue weighted by molar-refractivity contribution is 5.28. The van der Waals surface area contributed by atoms with Crippen LogP contribution in [-0.4, -0.2) is 30.4 Å². The number of halogens is 3. The smallest absolute Gasteiger partial charge is 0.406 e. The molecule has 1 aromatic carbocycles. The monoisotopic (exact) mass is 302 g/mol. The van der Waals surface area contributed by atoms with Crippen molar-refractivity contribution >= 4 is 0 Å². The van der Waals surface area contributed by atoms with E-state index in [9.17, 15) is 13.2 Å². The Morgan fingerprint density at radius 1 is 1.29 bits per heavy atom. The minimum Gasteiger partial charge on any atom is -0.406 e. The molecule has 0 radical (unpaired) electrons. The van der Waals surface area contributed by atoms with Gasteiger partial charge in [-0.1, -0.05) is 18.6 Å². The van der Waals surface area contributed by atoms with Gasteiger partial charge in [0.15, 0.2) is 0 Å². The van der Waals surface area contributed by atoms with E-state index >= 15 is 0 Å². The molecule has 1 saturated heterocycles. The average Bonchev–Trinajstić information content (AvgIpc) is 2.40. The highest BCUT2D eigenvalue weighted by Crippen LogP contribution is 2.26. The van der Waals surface area contributed by atoms with E-state index < -0.39 is 6.36 Å². The molecule has 1 unspecified atom stereocenters. The normalized spacial score (nSPS) is 20.5. The van der Waals surface area contributed by atoms with Gasteiger partial charge in [0.2, 0.25) is 0 Å². The van der Waals surface area contributed by atoms with Crippen LogP contribution in [0.4, 0.5) is 13.2 Å². The van der Waals surface area contributed by atoms with E-state index in [4.69, 9.17) is 5.73 Å². The van der Waals surface area contributed by atoms with Gasteiger partial charge in [-0.2, -0.15) is 0 Å². The Morgan fingerprint density at radius 2 is 2.10 bits per heavy atom. The zero-order valence-electron chi connectivity index (χ0n) is 11.9. The van der Waals surface area contributed by atoms with Crippen molar-refractivity contribution in [2.75, 3.05) is 13.1 Å². The molecular formula is C15H21F3N2O. The minimum absolute atomic E-state index is 0.160. The van der Waals surface area contributed by atoms with Crippen LogP contribution < -0.4 is 10.5 Å². The second-order valence-corrected chi connectivity index (χ2v) is 5.39. The SMILES string of the molecule is NCCC1CCCCN1Cc1cccc(OC(F)(F)F)c1. The molecule has 2 N–H and O–H groups in total. The average molecular weight is 302 g/mol. The van der Waals surface area contributed by atoms with Gasteiger partial charge in [0.1, 0.15) is 5.75 Å². The van der Waals surface area contributed by atoms with E-state index in [0.29, 0.717) is 19.1 Å². The molecule has 1 aliphatic rings. The standard InChI is InChI=1S/C15H21F3N2O/c16-15(17,18)21-14-6-3-4-12(10-14)11-20-9-2-1-5-13(20)7-8-19/h3-4,6,10,13H,1-2,5,7-9,11,19H2. The summed E-state index contributed by atoms with van der Waals surface area (Å²) in [7, 11) is 0. The molecular weight excluding hydrogens is 281 g/mol. The summed E-state index contributed by atoms with van der Waals surface area (Å²) in [5.41, 5.74) is 6.47. The van der Waals surface area contributed by atoms with Gasteiger partial charge in [-0.15, -0.1) is 13.2 Å². The van der Waals surface area contributed by atoms with Crippen LogP contribution in [0.3, 0.4) is 0 Å². The third-order valence-corrected chi connectivity index (χ3v) is 3.77.